The van der Waals surface area contributed by atoms with E-state index in [1.807, 2.05) is 0 Å². The Morgan fingerprint density at radius 2 is 2.35 bits per heavy atom. The van der Waals surface area contributed by atoms with Crippen LogP contribution >= 0.6 is 0 Å². The first-order valence-corrected chi connectivity index (χ1v) is 6.60. The standard InChI is InChI=1S/C10H16N4O2S/c1-7(2)4-14-5-8-3-11-10(13-17(15)16)12-9(8)6-14/h3,7H,4-6H2,1-2H3,(H,15,16)(H,11,12,13). The molecule has 0 saturated carbocycles. The number of anilines is 1. The molecule has 94 valence electrons. The van der Waals surface area contributed by atoms with Crippen LogP contribution in [-0.4, -0.2) is 30.2 Å². The fraction of sp³-hybridized carbons (Fsp3) is 0.600. The number of hydrogen-bond donors (Lipinski definition) is 2. The molecule has 1 atom stereocenters. The quantitative estimate of drug-likeness (QED) is 0.786. The molecule has 17 heavy (non-hydrogen) atoms. The van der Waals surface area contributed by atoms with Gasteiger partial charge in [-0.1, -0.05) is 13.8 Å². The average Bonchev–Trinajstić information content (AvgIpc) is 2.56. The minimum Gasteiger partial charge on any atom is -0.293 e. The van der Waals surface area contributed by atoms with E-state index in [4.69, 9.17) is 4.55 Å². The first-order chi connectivity index (χ1) is 8.04. The summed E-state index contributed by atoms with van der Waals surface area (Å²) in [6.07, 6.45) is 1.72. The zero-order valence-corrected chi connectivity index (χ0v) is 10.7. The number of aromatic nitrogens is 2. The summed E-state index contributed by atoms with van der Waals surface area (Å²) in [5, 5.41) is 0. The Bertz CT molecular complexity index is 438. The van der Waals surface area contributed by atoms with Gasteiger partial charge in [-0.15, -0.1) is 0 Å². The highest BCUT2D eigenvalue weighted by Crippen LogP contribution is 2.21. The molecule has 1 aromatic rings. The number of nitrogens with zero attached hydrogens (tertiary/aromatic N) is 3. The van der Waals surface area contributed by atoms with Crippen LogP contribution in [0, 0.1) is 5.92 Å². The second kappa shape index (κ2) is 5.07. The van der Waals surface area contributed by atoms with Gasteiger partial charge in [-0.05, 0) is 5.92 Å². The third-order valence-electron chi connectivity index (χ3n) is 2.52. The number of hydrogen-bond acceptors (Lipinski definition) is 4. The lowest BCUT2D eigenvalue weighted by Crippen LogP contribution is -2.21. The molecule has 1 aliphatic rings. The van der Waals surface area contributed by atoms with Crippen LogP contribution in [0.4, 0.5) is 5.95 Å². The van der Waals surface area contributed by atoms with E-state index in [-0.39, 0.29) is 5.95 Å². The molecule has 1 unspecified atom stereocenters. The molecule has 2 N–H and O–H groups in total. The van der Waals surface area contributed by atoms with Gasteiger partial charge in [-0.25, -0.2) is 14.2 Å². The lowest BCUT2D eigenvalue weighted by atomic mass is 10.2. The highest BCUT2D eigenvalue weighted by molar-refractivity contribution is 7.80. The van der Waals surface area contributed by atoms with Crippen LogP contribution < -0.4 is 4.72 Å². The molecule has 0 spiro atoms. The van der Waals surface area contributed by atoms with Crippen LogP contribution in [0.1, 0.15) is 25.1 Å². The Morgan fingerprint density at radius 3 is 3.00 bits per heavy atom. The van der Waals surface area contributed by atoms with Crippen molar-refractivity contribution in [2.24, 2.45) is 5.92 Å². The zero-order chi connectivity index (χ0) is 12.4. The van der Waals surface area contributed by atoms with Gasteiger partial charge in [-0.3, -0.25) is 14.2 Å². The van der Waals surface area contributed by atoms with Crippen molar-refractivity contribution in [2.75, 3.05) is 11.3 Å². The van der Waals surface area contributed by atoms with E-state index in [1.165, 1.54) is 0 Å². The van der Waals surface area contributed by atoms with Crippen molar-refractivity contribution < 1.29 is 8.76 Å². The molecule has 0 aromatic carbocycles. The zero-order valence-electron chi connectivity index (χ0n) is 9.88. The van der Waals surface area contributed by atoms with Gasteiger partial charge in [0.25, 0.3) is 11.3 Å². The molecule has 0 saturated heterocycles. The summed E-state index contributed by atoms with van der Waals surface area (Å²) in [6.45, 7) is 7.01. The van der Waals surface area contributed by atoms with Crippen molar-refractivity contribution in [3.8, 4) is 0 Å². The number of fused-ring (bicyclic) bond motifs is 1. The van der Waals surface area contributed by atoms with Gasteiger partial charge in [0.05, 0.1) is 5.69 Å². The van der Waals surface area contributed by atoms with Crippen LogP contribution in [0.3, 0.4) is 0 Å². The van der Waals surface area contributed by atoms with Crippen LogP contribution in [0.5, 0.6) is 0 Å². The fourth-order valence-electron chi connectivity index (χ4n) is 1.99. The molecule has 0 aliphatic carbocycles. The van der Waals surface area contributed by atoms with Gasteiger partial charge in [0.15, 0.2) is 0 Å². The molecule has 0 bridgehead atoms. The van der Waals surface area contributed by atoms with E-state index in [2.05, 4.69) is 33.4 Å². The van der Waals surface area contributed by atoms with Gasteiger partial charge >= 0.3 is 0 Å². The molecule has 0 radical (unpaired) electrons. The average molecular weight is 256 g/mol. The molecule has 0 amide bonds. The first-order valence-electron chi connectivity index (χ1n) is 5.49. The minimum absolute atomic E-state index is 0.205. The topological polar surface area (TPSA) is 78.4 Å². The molecule has 6 nitrogen and oxygen atoms in total. The van der Waals surface area contributed by atoms with Gasteiger partial charge in [-0.2, -0.15) is 0 Å². The molecule has 0 fully saturated rings. The third-order valence-corrected chi connectivity index (χ3v) is 2.88. The predicted octanol–water partition coefficient (Wildman–Crippen LogP) is 0.997. The van der Waals surface area contributed by atoms with Crippen molar-refractivity contribution in [1.29, 1.82) is 0 Å². The summed E-state index contributed by atoms with van der Waals surface area (Å²) in [6, 6.07) is 0. The van der Waals surface area contributed by atoms with E-state index in [9.17, 15) is 4.21 Å². The maximum Gasteiger partial charge on any atom is 0.261 e. The molecule has 2 heterocycles. The van der Waals surface area contributed by atoms with E-state index < -0.39 is 11.3 Å². The molecule has 2 rings (SSSR count). The van der Waals surface area contributed by atoms with Crippen LogP contribution in [0.25, 0.3) is 0 Å². The van der Waals surface area contributed by atoms with E-state index in [0.29, 0.717) is 5.92 Å². The Labute approximate surface area is 103 Å². The first kappa shape index (κ1) is 12.4. The molecular weight excluding hydrogens is 240 g/mol. The maximum absolute atomic E-state index is 10.6. The summed E-state index contributed by atoms with van der Waals surface area (Å²) in [5.41, 5.74) is 2.04. The van der Waals surface area contributed by atoms with Gasteiger partial charge in [0.2, 0.25) is 5.95 Å². The highest BCUT2D eigenvalue weighted by Gasteiger charge is 2.21. The third kappa shape index (κ3) is 3.21. The summed E-state index contributed by atoms with van der Waals surface area (Å²) in [5.74, 6) is 0.816. The Kier molecular flexibility index (Phi) is 3.70. The molecule has 1 aliphatic heterocycles. The lowest BCUT2D eigenvalue weighted by Gasteiger charge is -2.16. The predicted molar refractivity (Wildman–Crippen MR) is 65.4 cm³/mol. The summed E-state index contributed by atoms with van der Waals surface area (Å²) in [7, 11) is 0. The van der Waals surface area contributed by atoms with Gasteiger partial charge in [0, 0.05) is 31.4 Å². The Balaban J connectivity index is 2.08. The maximum atomic E-state index is 10.6. The smallest absolute Gasteiger partial charge is 0.261 e. The van der Waals surface area contributed by atoms with E-state index >= 15 is 0 Å². The second-order valence-electron chi connectivity index (χ2n) is 4.58. The lowest BCUT2D eigenvalue weighted by molar-refractivity contribution is 0.250. The van der Waals surface area contributed by atoms with Crippen molar-refractivity contribution in [3.63, 3.8) is 0 Å². The fourth-order valence-corrected chi connectivity index (χ4v) is 2.25. The van der Waals surface area contributed by atoms with Crippen molar-refractivity contribution in [2.45, 2.75) is 26.9 Å². The summed E-state index contributed by atoms with van der Waals surface area (Å²) >= 11 is -2.12. The Morgan fingerprint density at radius 1 is 1.59 bits per heavy atom. The molecular formula is C10H16N4O2S. The SMILES string of the molecule is CC(C)CN1Cc2cnc(NS(=O)O)nc2C1. The molecule has 1 aromatic heterocycles. The van der Waals surface area contributed by atoms with E-state index in [1.54, 1.807) is 6.20 Å². The van der Waals surface area contributed by atoms with Crippen molar-refractivity contribution >= 4 is 17.2 Å². The summed E-state index contributed by atoms with van der Waals surface area (Å²) in [4.78, 5) is 10.5. The number of rotatable bonds is 4. The minimum atomic E-state index is -2.12. The molecule has 7 heteroatoms. The Hall–Kier alpha value is -1.05. The normalized spacial score (nSPS) is 17.2. The van der Waals surface area contributed by atoms with Crippen LogP contribution in [0.15, 0.2) is 6.20 Å². The van der Waals surface area contributed by atoms with Crippen LogP contribution in [0.2, 0.25) is 0 Å². The van der Waals surface area contributed by atoms with Gasteiger partial charge in [0.1, 0.15) is 0 Å². The van der Waals surface area contributed by atoms with E-state index in [0.717, 1.165) is 30.9 Å². The summed E-state index contributed by atoms with van der Waals surface area (Å²) < 4.78 is 21.6. The van der Waals surface area contributed by atoms with Crippen molar-refractivity contribution in [3.05, 3.63) is 17.5 Å². The van der Waals surface area contributed by atoms with Gasteiger partial charge < -0.3 is 0 Å². The monoisotopic (exact) mass is 256 g/mol. The highest BCUT2D eigenvalue weighted by atomic mass is 32.2. The second-order valence-corrected chi connectivity index (χ2v) is 5.28. The van der Waals surface area contributed by atoms with Crippen LogP contribution in [-0.2, 0) is 24.4 Å². The number of nitrogens with one attached hydrogen (secondary N) is 1. The largest absolute Gasteiger partial charge is 0.293 e. The van der Waals surface area contributed by atoms with Crippen molar-refractivity contribution in [1.82, 2.24) is 14.9 Å².